The van der Waals surface area contributed by atoms with Crippen molar-refractivity contribution in [3.8, 4) is 0 Å². The standard InChI is InChI=1S/C13H15F3N2OS/c1-7(2)10(11(17)20)18-12(19)8-4-3-5-9(6-8)13(14,15)16/h3-7,10H,1-2H3,(H2,17,20)(H,18,19). The molecule has 0 fully saturated rings. The first-order valence-corrected chi connectivity index (χ1v) is 6.31. The maximum absolute atomic E-state index is 12.6. The van der Waals surface area contributed by atoms with Gasteiger partial charge < -0.3 is 11.1 Å². The van der Waals surface area contributed by atoms with E-state index in [2.05, 4.69) is 5.32 Å². The molecule has 0 aliphatic heterocycles. The smallest absolute Gasteiger partial charge is 0.392 e. The fraction of sp³-hybridized carbons (Fsp3) is 0.385. The molecule has 0 saturated heterocycles. The number of benzene rings is 1. The van der Waals surface area contributed by atoms with E-state index in [0.717, 1.165) is 12.1 Å². The van der Waals surface area contributed by atoms with Gasteiger partial charge in [0.2, 0.25) is 0 Å². The second kappa shape index (κ2) is 6.21. The van der Waals surface area contributed by atoms with Crippen molar-refractivity contribution in [1.29, 1.82) is 0 Å². The molecule has 1 rings (SSSR count). The van der Waals surface area contributed by atoms with Crippen LogP contribution in [-0.2, 0) is 6.18 Å². The second-order valence-electron chi connectivity index (χ2n) is 4.68. The molecule has 110 valence electrons. The molecule has 1 unspecified atom stereocenters. The molecule has 1 aromatic carbocycles. The molecule has 0 radical (unpaired) electrons. The molecule has 7 heteroatoms. The van der Waals surface area contributed by atoms with Gasteiger partial charge in [0, 0.05) is 5.56 Å². The molecular weight excluding hydrogens is 289 g/mol. The van der Waals surface area contributed by atoms with Gasteiger partial charge in [0.05, 0.1) is 16.6 Å². The third kappa shape index (κ3) is 4.19. The Morgan fingerprint density at radius 3 is 2.40 bits per heavy atom. The summed E-state index contributed by atoms with van der Waals surface area (Å²) < 4.78 is 37.7. The van der Waals surface area contributed by atoms with Crippen molar-refractivity contribution in [1.82, 2.24) is 5.32 Å². The number of carbonyl (C=O) groups excluding carboxylic acids is 1. The molecule has 1 amide bonds. The Bertz CT molecular complexity index is 515. The SMILES string of the molecule is CC(C)C(NC(=O)c1cccc(C(F)(F)F)c1)C(N)=S. The molecule has 20 heavy (non-hydrogen) atoms. The monoisotopic (exact) mass is 304 g/mol. The lowest BCUT2D eigenvalue weighted by Crippen LogP contribution is -2.46. The minimum Gasteiger partial charge on any atom is -0.392 e. The van der Waals surface area contributed by atoms with Crippen LogP contribution in [0.4, 0.5) is 13.2 Å². The number of nitrogens with two attached hydrogens (primary N) is 1. The van der Waals surface area contributed by atoms with Gasteiger partial charge in [-0.2, -0.15) is 13.2 Å². The lowest BCUT2D eigenvalue weighted by atomic mass is 10.0. The van der Waals surface area contributed by atoms with Crippen LogP contribution in [0, 0.1) is 5.92 Å². The lowest BCUT2D eigenvalue weighted by molar-refractivity contribution is -0.137. The van der Waals surface area contributed by atoms with E-state index in [4.69, 9.17) is 18.0 Å². The first kappa shape index (κ1) is 16.4. The number of carbonyl (C=O) groups is 1. The van der Waals surface area contributed by atoms with E-state index in [1.165, 1.54) is 12.1 Å². The summed E-state index contributed by atoms with van der Waals surface area (Å²) in [7, 11) is 0. The van der Waals surface area contributed by atoms with Crippen LogP contribution in [0.3, 0.4) is 0 Å². The number of hydrogen-bond donors (Lipinski definition) is 2. The van der Waals surface area contributed by atoms with Crippen LogP contribution in [0.5, 0.6) is 0 Å². The summed E-state index contributed by atoms with van der Waals surface area (Å²) in [5, 5.41) is 2.54. The van der Waals surface area contributed by atoms with Gasteiger partial charge in [-0.3, -0.25) is 4.79 Å². The quantitative estimate of drug-likeness (QED) is 0.841. The number of hydrogen-bond acceptors (Lipinski definition) is 2. The van der Waals surface area contributed by atoms with Gasteiger partial charge >= 0.3 is 6.18 Å². The minimum atomic E-state index is -4.49. The summed E-state index contributed by atoms with van der Waals surface area (Å²) in [5.41, 5.74) is 4.54. The summed E-state index contributed by atoms with van der Waals surface area (Å²) in [4.78, 5) is 12.0. The van der Waals surface area contributed by atoms with Crippen molar-refractivity contribution in [2.24, 2.45) is 11.7 Å². The van der Waals surface area contributed by atoms with Gasteiger partial charge in [-0.05, 0) is 24.1 Å². The molecule has 0 saturated carbocycles. The van der Waals surface area contributed by atoms with Crippen LogP contribution < -0.4 is 11.1 Å². The third-order valence-electron chi connectivity index (χ3n) is 2.71. The minimum absolute atomic E-state index is 0.0535. The molecule has 0 aromatic heterocycles. The van der Waals surface area contributed by atoms with Crippen molar-refractivity contribution in [3.05, 3.63) is 35.4 Å². The van der Waals surface area contributed by atoms with Crippen molar-refractivity contribution < 1.29 is 18.0 Å². The van der Waals surface area contributed by atoms with Crippen molar-refractivity contribution >= 4 is 23.1 Å². The summed E-state index contributed by atoms with van der Waals surface area (Å²) >= 11 is 4.83. The number of alkyl halides is 3. The molecule has 0 heterocycles. The number of nitrogens with one attached hydrogen (secondary N) is 1. The molecular formula is C13H15F3N2OS. The topological polar surface area (TPSA) is 55.1 Å². The average molecular weight is 304 g/mol. The van der Waals surface area contributed by atoms with E-state index in [9.17, 15) is 18.0 Å². The van der Waals surface area contributed by atoms with Crippen LogP contribution in [0.15, 0.2) is 24.3 Å². The molecule has 3 N–H and O–H groups in total. The normalized spacial score (nSPS) is 13.1. The number of halogens is 3. The van der Waals surface area contributed by atoms with Gasteiger partial charge in [0.25, 0.3) is 5.91 Å². The molecule has 1 aromatic rings. The third-order valence-corrected chi connectivity index (χ3v) is 2.97. The highest BCUT2D eigenvalue weighted by Crippen LogP contribution is 2.29. The number of amides is 1. The Balaban J connectivity index is 2.96. The van der Waals surface area contributed by atoms with Crippen molar-refractivity contribution in [2.45, 2.75) is 26.1 Å². The van der Waals surface area contributed by atoms with E-state index in [1.54, 1.807) is 13.8 Å². The molecule has 3 nitrogen and oxygen atoms in total. The zero-order chi connectivity index (χ0) is 15.5. The highest BCUT2D eigenvalue weighted by molar-refractivity contribution is 7.80. The highest BCUT2D eigenvalue weighted by Gasteiger charge is 2.31. The van der Waals surface area contributed by atoms with Gasteiger partial charge in [-0.25, -0.2) is 0 Å². The Labute approximate surface area is 120 Å². The van der Waals surface area contributed by atoms with E-state index < -0.39 is 23.7 Å². The van der Waals surface area contributed by atoms with Crippen molar-refractivity contribution in [3.63, 3.8) is 0 Å². The van der Waals surface area contributed by atoms with Crippen LogP contribution in [0.2, 0.25) is 0 Å². The largest absolute Gasteiger partial charge is 0.416 e. The van der Waals surface area contributed by atoms with Crippen LogP contribution in [0.1, 0.15) is 29.8 Å². The molecule has 0 aliphatic carbocycles. The molecule has 1 atom stereocenters. The predicted octanol–water partition coefficient (Wildman–Crippen LogP) is 2.75. The summed E-state index contributed by atoms with van der Waals surface area (Å²) in [6.07, 6.45) is -4.49. The number of rotatable bonds is 4. The van der Waals surface area contributed by atoms with E-state index in [-0.39, 0.29) is 16.5 Å². The predicted molar refractivity (Wildman–Crippen MR) is 74.3 cm³/mol. The fourth-order valence-electron chi connectivity index (χ4n) is 1.63. The van der Waals surface area contributed by atoms with Crippen LogP contribution >= 0.6 is 12.2 Å². The van der Waals surface area contributed by atoms with Gasteiger partial charge in [-0.1, -0.05) is 32.1 Å². The van der Waals surface area contributed by atoms with Gasteiger partial charge in [-0.15, -0.1) is 0 Å². The van der Waals surface area contributed by atoms with E-state index in [0.29, 0.717) is 0 Å². The zero-order valence-corrected chi connectivity index (χ0v) is 11.8. The first-order valence-electron chi connectivity index (χ1n) is 5.90. The molecule has 0 spiro atoms. The Morgan fingerprint density at radius 2 is 1.95 bits per heavy atom. The first-order chi connectivity index (χ1) is 9.12. The van der Waals surface area contributed by atoms with Crippen molar-refractivity contribution in [2.75, 3.05) is 0 Å². The number of thiocarbonyl (C=S) groups is 1. The van der Waals surface area contributed by atoms with Gasteiger partial charge in [0.1, 0.15) is 0 Å². The lowest BCUT2D eigenvalue weighted by Gasteiger charge is -2.21. The van der Waals surface area contributed by atoms with Crippen LogP contribution in [-0.4, -0.2) is 16.9 Å². The van der Waals surface area contributed by atoms with E-state index >= 15 is 0 Å². The molecule has 0 aliphatic rings. The summed E-state index contributed by atoms with van der Waals surface area (Å²) in [6, 6.07) is 3.63. The highest BCUT2D eigenvalue weighted by atomic mass is 32.1. The van der Waals surface area contributed by atoms with Gasteiger partial charge in [0.15, 0.2) is 0 Å². The average Bonchev–Trinajstić information content (AvgIpc) is 2.34. The Hall–Kier alpha value is -1.63. The fourth-order valence-corrected chi connectivity index (χ4v) is 1.96. The Morgan fingerprint density at radius 1 is 1.35 bits per heavy atom. The maximum Gasteiger partial charge on any atom is 0.416 e. The molecule has 0 bridgehead atoms. The summed E-state index contributed by atoms with van der Waals surface area (Å²) in [6.45, 7) is 3.60. The van der Waals surface area contributed by atoms with E-state index in [1.807, 2.05) is 0 Å². The second-order valence-corrected chi connectivity index (χ2v) is 5.15. The maximum atomic E-state index is 12.6. The van der Waals surface area contributed by atoms with Crippen LogP contribution in [0.25, 0.3) is 0 Å². The Kier molecular flexibility index (Phi) is 5.10. The summed E-state index contributed by atoms with van der Waals surface area (Å²) in [5.74, 6) is -0.690. The zero-order valence-electron chi connectivity index (χ0n) is 11.0.